The molecule has 0 N–H and O–H groups in total. The summed E-state index contributed by atoms with van der Waals surface area (Å²) in [5.41, 5.74) is 2.78. The molecule has 3 heteroatoms. The van der Waals surface area contributed by atoms with Crippen LogP contribution in [-0.4, -0.2) is 9.97 Å². The van der Waals surface area contributed by atoms with Gasteiger partial charge in [-0.2, -0.15) is 9.37 Å². The maximum Gasteiger partial charge on any atom is 0.219 e. The third-order valence-electron chi connectivity index (χ3n) is 3.61. The van der Waals surface area contributed by atoms with Crippen LogP contribution < -0.4 is 0 Å². The molecule has 112 valence electrons. The van der Waals surface area contributed by atoms with Crippen LogP contribution in [0.4, 0.5) is 4.39 Å². The van der Waals surface area contributed by atoms with Gasteiger partial charge in [0.2, 0.25) is 5.95 Å². The number of hydrogen-bond donors (Lipinski definition) is 0. The first-order chi connectivity index (χ1) is 10.2. The molecule has 0 amide bonds. The topological polar surface area (TPSA) is 25.8 Å². The zero-order chi connectivity index (χ0) is 15.1. The van der Waals surface area contributed by atoms with Gasteiger partial charge < -0.3 is 0 Å². The van der Waals surface area contributed by atoms with Crippen molar-refractivity contribution < 1.29 is 4.39 Å². The molecule has 1 aromatic heterocycles. The molecular formula is C18H23FN2. The zero-order valence-corrected chi connectivity index (χ0v) is 12.9. The minimum absolute atomic E-state index is 0.395. The summed E-state index contributed by atoms with van der Waals surface area (Å²) in [5.74, 6) is 0.0707. The van der Waals surface area contributed by atoms with Crippen molar-refractivity contribution in [3.05, 3.63) is 47.5 Å². The number of aromatic nitrogens is 2. The van der Waals surface area contributed by atoms with Crippen molar-refractivity contribution in [1.82, 2.24) is 9.97 Å². The van der Waals surface area contributed by atoms with Crippen LogP contribution in [0.1, 0.15) is 50.7 Å². The number of hydrogen-bond acceptors (Lipinski definition) is 2. The van der Waals surface area contributed by atoms with E-state index in [0.29, 0.717) is 17.8 Å². The highest BCUT2D eigenvalue weighted by atomic mass is 19.1. The lowest BCUT2D eigenvalue weighted by molar-refractivity contribution is 0.561. The first-order valence-corrected chi connectivity index (χ1v) is 7.85. The van der Waals surface area contributed by atoms with Crippen LogP contribution >= 0.6 is 0 Å². The Morgan fingerprint density at radius 3 is 2.33 bits per heavy atom. The van der Waals surface area contributed by atoms with Crippen molar-refractivity contribution in [2.45, 2.75) is 52.4 Å². The Bertz CT molecular complexity index is 564. The van der Waals surface area contributed by atoms with Crippen LogP contribution in [-0.2, 0) is 12.8 Å². The lowest BCUT2D eigenvalue weighted by atomic mass is 10.1. The summed E-state index contributed by atoms with van der Waals surface area (Å²) < 4.78 is 13.9. The third kappa shape index (κ3) is 4.35. The quantitative estimate of drug-likeness (QED) is 0.530. The van der Waals surface area contributed by atoms with E-state index < -0.39 is 5.95 Å². The lowest BCUT2D eigenvalue weighted by Gasteiger charge is -2.05. The molecule has 1 aromatic carbocycles. The SMILES string of the molecule is CCCCCc1ccc(-c2ncc(CCC)c(F)n2)cc1. The number of nitrogens with zero attached hydrogens (tertiary/aromatic N) is 2. The highest BCUT2D eigenvalue weighted by Gasteiger charge is 2.07. The Morgan fingerprint density at radius 2 is 1.71 bits per heavy atom. The van der Waals surface area contributed by atoms with Gasteiger partial charge in [-0.1, -0.05) is 57.4 Å². The second-order valence-corrected chi connectivity index (χ2v) is 5.41. The zero-order valence-electron chi connectivity index (χ0n) is 12.9. The van der Waals surface area contributed by atoms with Crippen molar-refractivity contribution in [3.8, 4) is 11.4 Å². The molecule has 0 aliphatic rings. The first-order valence-electron chi connectivity index (χ1n) is 7.85. The van der Waals surface area contributed by atoms with Crippen LogP contribution in [0, 0.1) is 5.95 Å². The molecule has 21 heavy (non-hydrogen) atoms. The standard InChI is InChI=1S/C18H23FN2/c1-3-5-6-8-14-9-11-15(12-10-14)18-20-13-16(7-4-2)17(19)21-18/h9-13H,3-8H2,1-2H3. The number of aryl methyl sites for hydroxylation is 2. The fraction of sp³-hybridized carbons (Fsp3) is 0.444. The fourth-order valence-electron chi connectivity index (χ4n) is 2.36. The van der Waals surface area contributed by atoms with E-state index in [9.17, 15) is 4.39 Å². The minimum Gasteiger partial charge on any atom is -0.236 e. The van der Waals surface area contributed by atoms with Gasteiger partial charge in [-0.05, 0) is 24.8 Å². The van der Waals surface area contributed by atoms with E-state index in [1.807, 2.05) is 19.1 Å². The molecule has 0 fully saturated rings. The molecule has 0 atom stereocenters. The molecule has 0 saturated carbocycles. The molecular weight excluding hydrogens is 263 g/mol. The summed E-state index contributed by atoms with van der Waals surface area (Å²) >= 11 is 0. The summed E-state index contributed by atoms with van der Waals surface area (Å²) in [6, 6.07) is 8.14. The van der Waals surface area contributed by atoms with Gasteiger partial charge in [0.1, 0.15) is 0 Å². The van der Waals surface area contributed by atoms with E-state index in [1.54, 1.807) is 6.20 Å². The first kappa shape index (κ1) is 15.6. The van der Waals surface area contributed by atoms with Gasteiger partial charge in [-0.25, -0.2) is 4.98 Å². The van der Waals surface area contributed by atoms with Gasteiger partial charge in [0.15, 0.2) is 5.82 Å². The van der Waals surface area contributed by atoms with Crippen molar-refractivity contribution in [2.24, 2.45) is 0 Å². The van der Waals surface area contributed by atoms with Crippen molar-refractivity contribution >= 4 is 0 Å². The molecule has 2 nitrogen and oxygen atoms in total. The molecule has 0 saturated heterocycles. The third-order valence-corrected chi connectivity index (χ3v) is 3.61. The molecule has 0 aliphatic heterocycles. The average molecular weight is 286 g/mol. The monoisotopic (exact) mass is 286 g/mol. The number of halogens is 1. The highest BCUT2D eigenvalue weighted by molar-refractivity contribution is 5.55. The van der Waals surface area contributed by atoms with Gasteiger partial charge in [0.25, 0.3) is 0 Å². The van der Waals surface area contributed by atoms with E-state index in [1.165, 1.54) is 24.8 Å². The summed E-state index contributed by atoms with van der Waals surface area (Å²) in [6.07, 6.45) is 7.99. The molecule has 2 aromatic rings. The number of unbranched alkanes of at least 4 members (excludes halogenated alkanes) is 2. The lowest BCUT2D eigenvalue weighted by Crippen LogP contribution is -1.99. The molecule has 2 rings (SSSR count). The van der Waals surface area contributed by atoms with Gasteiger partial charge in [0, 0.05) is 17.3 Å². The van der Waals surface area contributed by atoms with Crippen molar-refractivity contribution in [1.29, 1.82) is 0 Å². The second kappa shape index (κ2) is 7.87. The summed E-state index contributed by atoms with van der Waals surface area (Å²) in [7, 11) is 0. The van der Waals surface area contributed by atoms with Crippen LogP contribution in [0.5, 0.6) is 0 Å². The second-order valence-electron chi connectivity index (χ2n) is 5.41. The average Bonchev–Trinajstić information content (AvgIpc) is 2.50. The normalized spacial score (nSPS) is 10.8. The Kier molecular flexibility index (Phi) is 5.85. The summed E-state index contributed by atoms with van der Waals surface area (Å²) in [6.45, 7) is 4.22. The van der Waals surface area contributed by atoms with Crippen molar-refractivity contribution in [2.75, 3.05) is 0 Å². The van der Waals surface area contributed by atoms with E-state index >= 15 is 0 Å². The van der Waals surface area contributed by atoms with Gasteiger partial charge >= 0.3 is 0 Å². The molecule has 0 unspecified atom stereocenters. The van der Waals surface area contributed by atoms with E-state index in [0.717, 1.165) is 18.4 Å². The van der Waals surface area contributed by atoms with E-state index in [2.05, 4.69) is 29.0 Å². The van der Waals surface area contributed by atoms with Gasteiger partial charge in [-0.3, -0.25) is 0 Å². The Labute approximate surface area is 126 Å². The predicted octanol–water partition coefficient (Wildman–Crippen LogP) is 4.97. The van der Waals surface area contributed by atoms with Crippen LogP contribution in [0.15, 0.2) is 30.5 Å². The van der Waals surface area contributed by atoms with Crippen LogP contribution in [0.25, 0.3) is 11.4 Å². The predicted molar refractivity (Wildman–Crippen MR) is 84.7 cm³/mol. The molecule has 0 bridgehead atoms. The highest BCUT2D eigenvalue weighted by Crippen LogP contribution is 2.18. The molecule has 0 spiro atoms. The number of rotatable bonds is 7. The molecule has 0 aliphatic carbocycles. The van der Waals surface area contributed by atoms with Crippen molar-refractivity contribution in [3.63, 3.8) is 0 Å². The molecule has 0 radical (unpaired) electrons. The number of benzene rings is 1. The maximum absolute atomic E-state index is 13.9. The Balaban J connectivity index is 2.09. The van der Waals surface area contributed by atoms with E-state index in [-0.39, 0.29) is 0 Å². The summed E-state index contributed by atoms with van der Waals surface area (Å²) in [5, 5.41) is 0. The minimum atomic E-state index is -0.395. The van der Waals surface area contributed by atoms with Gasteiger partial charge in [-0.15, -0.1) is 0 Å². The van der Waals surface area contributed by atoms with Crippen LogP contribution in [0.3, 0.4) is 0 Å². The summed E-state index contributed by atoms with van der Waals surface area (Å²) in [4.78, 5) is 8.27. The maximum atomic E-state index is 13.9. The fourth-order valence-corrected chi connectivity index (χ4v) is 2.36. The molecule has 1 heterocycles. The van der Waals surface area contributed by atoms with Gasteiger partial charge in [0.05, 0.1) is 0 Å². The Morgan fingerprint density at radius 1 is 0.952 bits per heavy atom. The smallest absolute Gasteiger partial charge is 0.219 e. The van der Waals surface area contributed by atoms with Crippen LogP contribution in [0.2, 0.25) is 0 Å². The van der Waals surface area contributed by atoms with E-state index in [4.69, 9.17) is 0 Å². The Hall–Kier alpha value is -1.77. The largest absolute Gasteiger partial charge is 0.236 e.